The summed E-state index contributed by atoms with van der Waals surface area (Å²) in [6, 6.07) is 11.0. The molecular formula is C22H23N7OS. The van der Waals surface area contributed by atoms with Gasteiger partial charge in [-0.1, -0.05) is 38.6 Å². The summed E-state index contributed by atoms with van der Waals surface area (Å²) in [6.07, 6.45) is 8.87. The van der Waals surface area contributed by atoms with Gasteiger partial charge < -0.3 is 5.32 Å². The number of anilines is 1. The lowest BCUT2D eigenvalue weighted by atomic mass is 9.92. The maximum atomic E-state index is 13.1. The van der Waals surface area contributed by atoms with Gasteiger partial charge in [-0.2, -0.15) is 9.78 Å². The van der Waals surface area contributed by atoms with E-state index in [-0.39, 0.29) is 11.3 Å². The molecule has 0 aliphatic heterocycles. The van der Waals surface area contributed by atoms with Crippen molar-refractivity contribution in [2.75, 3.05) is 11.6 Å². The van der Waals surface area contributed by atoms with Crippen LogP contribution < -0.4 is 5.32 Å². The zero-order valence-electron chi connectivity index (χ0n) is 17.8. The molecule has 8 nitrogen and oxygen atoms in total. The maximum absolute atomic E-state index is 13.1. The van der Waals surface area contributed by atoms with Crippen LogP contribution in [0, 0.1) is 0 Å². The highest BCUT2D eigenvalue weighted by Gasteiger charge is 2.22. The van der Waals surface area contributed by atoms with Crippen LogP contribution in [0.25, 0.3) is 11.6 Å². The third kappa shape index (κ3) is 4.36. The third-order valence-corrected chi connectivity index (χ3v) is 5.30. The van der Waals surface area contributed by atoms with Crippen LogP contribution in [0.3, 0.4) is 0 Å². The van der Waals surface area contributed by atoms with Crippen LogP contribution in [0.15, 0.2) is 66.3 Å². The third-order valence-electron chi connectivity index (χ3n) is 4.64. The van der Waals surface area contributed by atoms with Gasteiger partial charge in [0, 0.05) is 47.5 Å². The number of carbonyl (C=O) groups excluding carboxylic acids is 1. The van der Waals surface area contributed by atoms with E-state index in [1.54, 1.807) is 47.2 Å². The number of benzene rings is 1. The first-order valence-corrected chi connectivity index (χ1v) is 11.0. The van der Waals surface area contributed by atoms with Crippen molar-refractivity contribution >= 4 is 23.5 Å². The van der Waals surface area contributed by atoms with Gasteiger partial charge in [0.2, 0.25) is 0 Å². The van der Waals surface area contributed by atoms with Gasteiger partial charge in [-0.25, -0.2) is 15.0 Å². The fourth-order valence-corrected chi connectivity index (χ4v) is 3.54. The molecule has 158 valence electrons. The Kier molecular flexibility index (Phi) is 5.60. The minimum absolute atomic E-state index is 0.199. The van der Waals surface area contributed by atoms with Crippen molar-refractivity contribution in [3.8, 4) is 11.6 Å². The number of imidazole rings is 1. The predicted octanol–water partition coefficient (Wildman–Crippen LogP) is 4.12. The number of hydrogen-bond donors (Lipinski definition) is 1. The molecule has 0 spiro atoms. The normalized spacial score (nSPS) is 11.5. The van der Waals surface area contributed by atoms with Crippen molar-refractivity contribution in [3.05, 3.63) is 72.4 Å². The van der Waals surface area contributed by atoms with E-state index in [0.29, 0.717) is 17.3 Å². The van der Waals surface area contributed by atoms with Crippen LogP contribution >= 0.6 is 11.8 Å². The van der Waals surface area contributed by atoms with E-state index >= 15 is 0 Å². The van der Waals surface area contributed by atoms with Crippen molar-refractivity contribution in [1.82, 2.24) is 29.3 Å². The van der Waals surface area contributed by atoms with E-state index in [0.717, 1.165) is 16.5 Å². The largest absolute Gasteiger partial charge is 0.306 e. The molecule has 0 fully saturated rings. The Hall–Kier alpha value is -3.46. The van der Waals surface area contributed by atoms with E-state index in [2.05, 4.69) is 46.1 Å². The molecule has 0 radical (unpaired) electrons. The predicted molar refractivity (Wildman–Crippen MR) is 121 cm³/mol. The molecule has 31 heavy (non-hydrogen) atoms. The fourth-order valence-electron chi connectivity index (χ4n) is 3.01. The molecule has 1 N–H and O–H groups in total. The van der Waals surface area contributed by atoms with Crippen LogP contribution in [-0.4, -0.2) is 41.5 Å². The summed E-state index contributed by atoms with van der Waals surface area (Å²) in [5.41, 5.74) is 2.02. The second kappa shape index (κ2) is 8.35. The summed E-state index contributed by atoms with van der Waals surface area (Å²) in [6.45, 7) is 6.19. The smallest absolute Gasteiger partial charge is 0.256 e. The minimum atomic E-state index is -0.245. The Morgan fingerprint density at radius 1 is 1.03 bits per heavy atom. The number of nitrogens with zero attached hydrogens (tertiary/aromatic N) is 6. The van der Waals surface area contributed by atoms with E-state index in [1.807, 2.05) is 41.3 Å². The summed E-state index contributed by atoms with van der Waals surface area (Å²) in [7, 11) is 0. The molecule has 1 amide bonds. The van der Waals surface area contributed by atoms with Crippen molar-refractivity contribution in [2.45, 2.75) is 31.3 Å². The first-order valence-electron chi connectivity index (χ1n) is 9.74. The molecule has 3 heterocycles. The Morgan fingerprint density at radius 3 is 2.52 bits per heavy atom. The van der Waals surface area contributed by atoms with E-state index in [9.17, 15) is 4.79 Å². The summed E-state index contributed by atoms with van der Waals surface area (Å²) >= 11 is 1.54. The number of nitrogens with one attached hydrogen (secondary N) is 1. The Morgan fingerprint density at radius 2 is 1.81 bits per heavy atom. The standard InChI is InChI=1S/C22H23N7OS/c1-22(2,3)17-14-18(29(27-17)20-23-9-6-10-24-20)26-19(30)15-7-5-8-16(13-15)28-12-11-25-21(28)31-4/h5-14H,1-4H3,(H,26,30). The second-order valence-corrected chi connectivity index (χ2v) is 8.69. The molecule has 0 atom stereocenters. The molecule has 0 bridgehead atoms. The second-order valence-electron chi connectivity index (χ2n) is 7.91. The van der Waals surface area contributed by atoms with Crippen molar-refractivity contribution < 1.29 is 4.79 Å². The van der Waals surface area contributed by atoms with Crippen molar-refractivity contribution in [3.63, 3.8) is 0 Å². The number of amides is 1. The average molecular weight is 434 g/mol. The first kappa shape index (κ1) is 20.8. The number of carbonyl (C=O) groups is 1. The Bertz CT molecular complexity index is 1210. The summed E-state index contributed by atoms with van der Waals surface area (Å²) in [5.74, 6) is 0.661. The molecule has 0 aliphatic carbocycles. The van der Waals surface area contributed by atoms with Gasteiger partial charge in [-0.15, -0.1) is 0 Å². The highest BCUT2D eigenvalue weighted by molar-refractivity contribution is 7.98. The van der Waals surface area contributed by atoms with Gasteiger partial charge in [0.1, 0.15) is 5.82 Å². The molecule has 0 saturated heterocycles. The zero-order valence-corrected chi connectivity index (χ0v) is 18.6. The zero-order chi connectivity index (χ0) is 22.0. The maximum Gasteiger partial charge on any atom is 0.256 e. The molecule has 0 aliphatic rings. The van der Waals surface area contributed by atoms with E-state index < -0.39 is 0 Å². The molecular weight excluding hydrogens is 410 g/mol. The van der Waals surface area contributed by atoms with Crippen LogP contribution in [0.4, 0.5) is 5.82 Å². The number of thioether (sulfide) groups is 1. The van der Waals surface area contributed by atoms with E-state index in [1.165, 1.54) is 0 Å². The molecule has 0 saturated carbocycles. The Labute approximate surface area is 184 Å². The summed E-state index contributed by atoms with van der Waals surface area (Å²) in [4.78, 5) is 26.0. The summed E-state index contributed by atoms with van der Waals surface area (Å²) in [5, 5.41) is 8.46. The fraction of sp³-hybridized carbons (Fsp3) is 0.227. The highest BCUT2D eigenvalue weighted by Crippen LogP contribution is 2.26. The van der Waals surface area contributed by atoms with Gasteiger partial charge in [0.15, 0.2) is 5.16 Å². The van der Waals surface area contributed by atoms with Gasteiger partial charge in [0.25, 0.3) is 11.9 Å². The minimum Gasteiger partial charge on any atom is -0.306 e. The molecule has 1 aromatic carbocycles. The van der Waals surface area contributed by atoms with Crippen molar-refractivity contribution in [1.29, 1.82) is 0 Å². The topological polar surface area (TPSA) is 90.5 Å². The van der Waals surface area contributed by atoms with Gasteiger partial charge in [-0.05, 0) is 30.5 Å². The van der Waals surface area contributed by atoms with Gasteiger partial charge >= 0.3 is 0 Å². The monoisotopic (exact) mass is 433 g/mol. The number of aromatic nitrogens is 6. The lowest BCUT2D eigenvalue weighted by Crippen LogP contribution is -2.16. The quantitative estimate of drug-likeness (QED) is 0.476. The van der Waals surface area contributed by atoms with Gasteiger partial charge in [0.05, 0.1) is 5.69 Å². The molecule has 3 aromatic heterocycles. The van der Waals surface area contributed by atoms with Crippen LogP contribution in [-0.2, 0) is 5.41 Å². The number of rotatable bonds is 5. The van der Waals surface area contributed by atoms with E-state index in [4.69, 9.17) is 0 Å². The van der Waals surface area contributed by atoms with Crippen LogP contribution in [0.2, 0.25) is 0 Å². The number of hydrogen-bond acceptors (Lipinski definition) is 6. The lowest BCUT2D eigenvalue weighted by molar-refractivity contribution is 0.102. The van der Waals surface area contributed by atoms with Crippen LogP contribution in [0.1, 0.15) is 36.8 Å². The van der Waals surface area contributed by atoms with Crippen molar-refractivity contribution in [2.24, 2.45) is 0 Å². The molecule has 0 unspecified atom stereocenters. The Balaban J connectivity index is 1.68. The SMILES string of the molecule is CSc1nccn1-c1cccc(C(=O)Nc2cc(C(C)(C)C)nn2-c2ncccn2)c1. The average Bonchev–Trinajstić information content (AvgIpc) is 3.41. The molecule has 4 rings (SSSR count). The van der Waals surface area contributed by atoms with Gasteiger partial charge in [-0.3, -0.25) is 9.36 Å². The van der Waals surface area contributed by atoms with Crippen LogP contribution in [0.5, 0.6) is 0 Å². The first-order chi connectivity index (χ1) is 14.9. The molecule has 9 heteroatoms. The molecule has 4 aromatic rings. The highest BCUT2D eigenvalue weighted by atomic mass is 32.2. The summed E-state index contributed by atoms with van der Waals surface area (Å²) < 4.78 is 3.51. The lowest BCUT2D eigenvalue weighted by Gasteiger charge is -2.13.